The van der Waals surface area contributed by atoms with Gasteiger partial charge in [-0.25, -0.2) is 4.98 Å². The zero-order valence-electron chi connectivity index (χ0n) is 8.03. The Morgan fingerprint density at radius 3 is 2.77 bits per heavy atom. The summed E-state index contributed by atoms with van der Waals surface area (Å²) >= 11 is 1.68. The summed E-state index contributed by atoms with van der Waals surface area (Å²) < 4.78 is 1.97. The molecule has 0 bridgehead atoms. The molecule has 0 radical (unpaired) electrons. The Morgan fingerprint density at radius 2 is 2.23 bits per heavy atom. The molecular formula is C9H13N3S. The summed E-state index contributed by atoms with van der Waals surface area (Å²) in [5.41, 5.74) is 6.97. The van der Waals surface area contributed by atoms with Crippen molar-refractivity contribution in [3.8, 4) is 0 Å². The highest BCUT2D eigenvalue weighted by atomic mass is 32.1. The summed E-state index contributed by atoms with van der Waals surface area (Å²) in [5.74, 6) is 1.18. The molecule has 0 aliphatic heterocycles. The number of rotatable bonds is 1. The van der Waals surface area contributed by atoms with Gasteiger partial charge in [-0.05, 0) is 12.8 Å². The zero-order valence-corrected chi connectivity index (χ0v) is 8.85. The highest BCUT2D eigenvalue weighted by molar-refractivity contribution is 7.17. The van der Waals surface area contributed by atoms with Gasteiger partial charge in [0.05, 0.1) is 5.69 Å². The topological polar surface area (TPSA) is 43.3 Å². The van der Waals surface area contributed by atoms with Crippen molar-refractivity contribution in [2.24, 2.45) is 0 Å². The van der Waals surface area contributed by atoms with E-state index in [0.717, 1.165) is 16.5 Å². The molecule has 0 saturated heterocycles. The third-order valence-electron chi connectivity index (χ3n) is 2.05. The quantitative estimate of drug-likeness (QED) is 0.759. The van der Waals surface area contributed by atoms with Crippen LogP contribution in [-0.2, 0) is 0 Å². The maximum Gasteiger partial charge on any atom is 0.195 e. The molecule has 2 N–H and O–H groups in total. The minimum atomic E-state index is 0.396. The van der Waals surface area contributed by atoms with Crippen molar-refractivity contribution >= 4 is 22.1 Å². The average Bonchev–Trinajstić information content (AvgIpc) is 2.51. The Balaban J connectivity index is 2.69. The molecule has 0 spiro atoms. The molecule has 4 heteroatoms. The van der Waals surface area contributed by atoms with E-state index in [1.807, 2.05) is 10.6 Å². The van der Waals surface area contributed by atoms with E-state index in [2.05, 4.69) is 25.8 Å². The molecule has 0 aliphatic rings. The lowest BCUT2D eigenvalue weighted by Gasteiger charge is -2.00. The van der Waals surface area contributed by atoms with E-state index in [-0.39, 0.29) is 0 Å². The smallest absolute Gasteiger partial charge is 0.195 e. The molecule has 2 aromatic rings. The molecule has 2 heterocycles. The first-order valence-corrected chi connectivity index (χ1v) is 5.15. The maximum atomic E-state index is 5.96. The van der Waals surface area contributed by atoms with Crippen LogP contribution in [0.5, 0.6) is 0 Å². The Kier molecular flexibility index (Phi) is 1.80. The molecule has 0 aromatic carbocycles. The number of aromatic nitrogens is 2. The van der Waals surface area contributed by atoms with Crippen LogP contribution in [0, 0.1) is 6.92 Å². The van der Waals surface area contributed by atoms with E-state index in [1.165, 1.54) is 4.88 Å². The Labute approximate surface area is 81.2 Å². The largest absolute Gasteiger partial charge is 0.383 e. The van der Waals surface area contributed by atoms with Crippen LogP contribution >= 0.6 is 11.3 Å². The summed E-state index contributed by atoms with van der Waals surface area (Å²) in [6.07, 6.45) is 2.04. The normalized spacial score (nSPS) is 11.7. The van der Waals surface area contributed by atoms with Gasteiger partial charge < -0.3 is 5.73 Å². The van der Waals surface area contributed by atoms with Crippen LogP contribution in [0.25, 0.3) is 4.96 Å². The van der Waals surface area contributed by atoms with Crippen LogP contribution in [0.1, 0.15) is 30.3 Å². The number of imidazole rings is 1. The highest BCUT2D eigenvalue weighted by Gasteiger charge is 2.13. The third kappa shape index (κ3) is 1.21. The van der Waals surface area contributed by atoms with E-state index in [1.54, 1.807) is 11.3 Å². The third-order valence-corrected chi connectivity index (χ3v) is 2.95. The zero-order chi connectivity index (χ0) is 9.59. The summed E-state index contributed by atoms with van der Waals surface area (Å²) in [6, 6.07) is 0. The summed E-state index contributed by atoms with van der Waals surface area (Å²) in [5, 5.41) is 0. The van der Waals surface area contributed by atoms with Gasteiger partial charge in [0.15, 0.2) is 4.96 Å². The van der Waals surface area contributed by atoms with Crippen LogP contribution in [0.3, 0.4) is 0 Å². The highest BCUT2D eigenvalue weighted by Crippen LogP contribution is 2.26. The predicted octanol–water partition coefficient (Wildman–Crippen LogP) is 2.41. The first kappa shape index (κ1) is 8.56. The number of hydrogen-bond acceptors (Lipinski definition) is 3. The second-order valence-corrected chi connectivity index (χ2v) is 4.74. The lowest BCUT2D eigenvalue weighted by atomic mass is 10.1. The Morgan fingerprint density at radius 1 is 1.54 bits per heavy atom. The first-order valence-electron chi connectivity index (χ1n) is 4.33. The van der Waals surface area contributed by atoms with Crippen LogP contribution in [0.15, 0.2) is 6.20 Å². The van der Waals surface area contributed by atoms with Gasteiger partial charge in [0, 0.05) is 11.1 Å². The number of thiazole rings is 1. The second-order valence-electron chi connectivity index (χ2n) is 3.53. The number of aryl methyl sites for hydroxylation is 1. The standard InChI is InChI=1S/C9H13N3S/c1-5(2)7-8(10)12-4-6(3)13-9(12)11-7/h4-5H,10H2,1-3H3. The van der Waals surface area contributed by atoms with Crippen LogP contribution in [0.2, 0.25) is 0 Å². The molecule has 0 fully saturated rings. The summed E-state index contributed by atoms with van der Waals surface area (Å²) in [4.78, 5) is 6.73. The van der Waals surface area contributed by atoms with Gasteiger partial charge in [-0.15, -0.1) is 11.3 Å². The summed E-state index contributed by atoms with van der Waals surface area (Å²) in [7, 11) is 0. The Hall–Kier alpha value is -1.03. The van der Waals surface area contributed by atoms with Crippen molar-refractivity contribution in [3.63, 3.8) is 0 Å². The van der Waals surface area contributed by atoms with Crippen molar-refractivity contribution < 1.29 is 0 Å². The van der Waals surface area contributed by atoms with Gasteiger partial charge in [-0.1, -0.05) is 13.8 Å². The van der Waals surface area contributed by atoms with Crippen LogP contribution in [-0.4, -0.2) is 9.38 Å². The SMILES string of the molecule is Cc1cn2c(N)c(C(C)C)nc2s1. The fraction of sp³-hybridized carbons (Fsp3) is 0.444. The van der Waals surface area contributed by atoms with Gasteiger partial charge in [0.2, 0.25) is 0 Å². The number of nitrogens with two attached hydrogens (primary N) is 1. The number of hydrogen-bond donors (Lipinski definition) is 1. The van der Waals surface area contributed by atoms with Crippen LogP contribution in [0.4, 0.5) is 5.82 Å². The molecule has 0 saturated carbocycles. The van der Waals surface area contributed by atoms with Gasteiger partial charge in [-0.3, -0.25) is 4.40 Å². The second kappa shape index (κ2) is 2.73. The molecule has 0 unspecified atom stereocenters. The van der Waals surface area contributed by atoms with Gasteiger partial charge >= 0.3 is 0 Å². The number of fused-ring (bicyclic) bond motifs is 1. The number of anilines is 1. The van der Waals surface area contributed by atoms with Crippen LogP contribution < -0.4 is 5.73 Å². The Bertz CT molecular complexity index is 439. The lowest BCUT2D eigenvalue weighted by Crippen LogP contribution is -1.97. The van der Waals surface area contributed by atoms with Crippen molar-refractivity contribution in [1.29, 1.82) is 0 Å². The van der Waals surface area contributed by atoms with E-state index in [9.17, 15) is 0 Å². The first-order chi connectivity index (χ1) is 6.09. The molecule has 2 rings (SSSR count). The van der Waals surface area contributed by atoms with Gasteiger partial charge in [0.25, 0.3) is 0 Å². The molecule has 70 valence electrons. The molecule has 2 aromatic heterocycles. The lowest BCUT2D eigenvalue weighted by molar-refractivity contribution is 0.838. The number of nitrogens with zero attached hydrogens (tertiary/aromatic N) is 2. The molecule has 13 heavy (non-hydrogen) atoms. The molecular weight excluding hydrogens is 182 g/mol. The molecule has 0 aliphatic carbocycles. The van der Waals surface area contributed by atoms with Crippen molar-refractivity contribution in [2.75, 3.05) is 5.73 Å². The molecule has 0 atom stereocenters. The minimum absolute atomic E-state index is 0.396. The fourth-order valence-electron chi connectivity index (χ4n) is 1.41. The van der Waals surface area contributed by atoms with Gasteiger partial charge in [-0.2, -0.15) is 0 Å². The molecule has 3 nitrogen and oxygen atoms in total. The maximum absolute atomic E-state index is 5.96. The fourth-order valence-corrected chi connectivity index (χ4v) is 2.25. The van der Waals surface area contributed by atoms with Crippen molar-refractivity contribution in [1.82, 2.24) is 9.38 Å². The molecule has 0 amide bonds. The summed E-state index contributed by atoms with van der Waals surface area (Å²) in [6.45, 7) is 6.28. The average molecular weight is 195 g/mol. The number of nitrogen functional groups attached to an aromatic ring is 1. The predicted molar refractivity (Wildman–Crippen MR) is 56.3 cm³/mol. The van der Waals surface area contributed by atoms with Crippen molar-refractivity contribution in [3.05, 3.63) is 16.8 Å². The van der Waals surface area contributed by atoms with E-state index >= 15 is 0 Å². The van der Waals surface area contributed by atoms with Gasteiger partial charge in [0.1, 0.15) is 5.82 Å². The van der Waals surface area contributed by atoms with E-state index in [4.69, 9.17) is 5.73 Å². The van der Waals surface area contributed by atoms with E-state index < -0.39 is 0 Å². The van der Waals surface area contributed by atoms with E-state index in [0.29, 0.717) is 5.92 Å². The van der Waals surface area contributed by atoms with Crippen molar-refractivity contribution in [2.45, 2.75) is 26.7 Å². The minimum Gasteiger partial charge on any atom is -0.383 e. The monoisotopic (exact) mass is 195 g/mol.